The van der Waals surface area contributed by atoms with Crippen molar-refractivity contribution in [2.45, 2.75) is 50.9 Å². The highest BCUT2D eigenvalue weighted by Gasteiger charge is 2.36. The number of ether oxygens (including phenoxy) is 2. The lowest BCUT2D eigenvalue weighted by Crippen LogP contribution is -2.46. The molecule has 2 saturated heterocycles. The van der Waals surface area contributed by atoms with Gasteiger partial charge in [-0.15, -0.1) is 0 Å². The maximum atomic E-state index is 5.97. The van der Waals surface area contributed by atoms with Crippen molar-refractivity contribution in [3.63, 3.8) is 0 Å². The normalized spacial score (nSPS) is 33.4. The summed E-state index contributed by atoms with van der Waals surface area (Å²) in [5.41, 5.74) is 1.11. The molecule has 2 aliphatic heterocycles. The van der Waals surface area contributed by atoms with Gasteiger partial charge in [0.1, 0.15) is 0 Å². The van der Waals surface area contributed by atoms with Crippen molar-refractivity contribution in [2.75, 3.05) is 19.8 Å². The molecule has 0 radical (unpaired) electrons. The van der Waals surface area contributed by atoms with Crippen LogP contribution in [0.4, 0.5) is 0 Å². The summed E-state index contributed by atoms with van der Waals surface area (Å²) in [6.45, 7) is 7.03. The molecule has 1 aromatic rings. The van der Waals surface area contributed by atoms with E-state index in [0.29, 0.717) is 12.0 Å². The molecule has 2 aliphatic rings. The molecule has 3 rings (SSSR count). The standard InChI is InChI=1S/C15H25N3O2/c1-15(2)13(5-7-20-15)16-8-11-4-3-6-19-14(11)12-9-17-18-10-12/h9-11,13-14,16H,3-8H2,1-2H3,(H,17,18)/t11-,13?,14+/m0/s1. The highest BCUT2D eigenvalue weighted by Crippen LogP contribution is 2.33. The number of nitrogens with one attached hydrogen (secondary N) is 2. The van der Waals surface area contributed by atoms with E-state index in [1.807, 2.05) is 12.4 Å². The average Bonchev–Trinajstić information content (AvgIpc) is 3.06. The second kappa shape index (κ2) is 5.84. The van der Waals surface area contributed by atoms with E-state index in [1.54, 1.807) is 0 Å². The van der Waals surface area contributed by atoms with Gasteiger partial charge in [-0.1, -0.05) is 0 Å². The lowest BCUT2D eigenvalue weighted by Gasteiger charge is -2.34. The molecule has 5 nitrogen and oxygen atoms in total. The molecule has 0 spiro atoms. The fourth-order valence-electron chi connectivity index (χ4n) is 3.37. The summed E-state index contributed by atoms with van der Waals surface area (Å²) >= 11 is 0. The number of nitrogens with zero attached hydrogens (tertiary/aromatic N) is 1. The Bertz CT molecular complexity index is 419. The number of hydrogen-bond donors (Lipinski definition) is 2. The first-order valence-corrected chi connectivity index (χ1v) is 7.64. The zero-order chi connectivity index (χ0) is 14.0. The Morgan fingerprint density at radius 3 is 3.00 bits per heavy atom. The number of aromatic amines is 1. The van der Waals surface area contributed by atoms with Crippen LogP contribution in [-0.2, 0) is 9.47 Å². The van der Waals surface area contributed by atoms with Gasteiger partial charge >= 0.3 is 0 Å². The SMILES string of the molecule is CC1(C)OCCC1NC[C@@H]1CCCO[C@H]1c1cn[nH]c1. The molecule has 1 aromatic heterocycles. The van der Waals surface area contributed by atoms with Gasteiger partial charge in [-0.05, 0) is 33.1 Å². The van der Waals surface area contributed by atoms with E-state index in [4.69, 9.17) is 9.47 Å². The van der Waals surface area contributed by atoms with E-state index >= 15 is 0 Å². The summed E-state index contributed by atoms with van der Waals surface area (Å²) in [4.78, 5) is 0. The Hall–Kier alpha value is -0.910. The summed E-state index contributed by atoms with van der Waals surface area (Å²) < 4.78 is 11.8. The van der Waals surface area contributed by atoms with Crippen LogP contribution in [0.5, 0.6) is 0 Å². The summed E-state index contributed by atoms with van der Waals surface area (Å²) in [5.74, 6) is 0.512. The fraction of sp³-hybridized carbons (Fsp3) is 0.800. The molecule has 2 N–H and O–H groups in total. The van der Waals surface area contributed by atoms with E-state index in [1.165, 1.54) is 12.0 Å². The van der Waals surface area contributed by atoms with Gasteiger partial charge in [0, 0.05) is 43.5 Å². The van der Waals surface area contributed by atoms with Crippen molar-refractivity contribution in [3.05, 3.63) is 18.0 Å². The zero-order valence-corrected chi connectivity index (χ0v) is 12.4. The molecule has 0 amide bonds. The Morgan fingerprint density at radius 2 is 2.30 bits per heavy atom. The smallest absolute Gasteiger partial charge is 0.0895 e. The predicted octanol–water partition coefficient (Wildman–Crippen LogP) is 2.03. The summed E-state index contributed by atoms with van der Waals surface area (Å²) in [6.07, 6.45) is 7.44. The van der Waals surface area contributed by atoms with Gasteiger partial charge in [-0.3, -0.25) is 5.10 Å². The van der Waals surface area contributed by atoms with Gasteiger partial charge < -0.3 is 14.8 Å². The third-order valence-corrected chi connectivity index (χ3v) is 4.64. The number of aromatic nitrogens is 2. The topological polar surface area (TPSA) is 59.2 Å². The summed E-state index contributed by atoms with van der Waals surface area (Å²) in [7, 11) is 0. The van der Waals surface area contributed by atoms with Gasteiger partial charge in [0.05, 0.1) is 17.9 Å². The van der Waals surface area contributed by atoms with E-state index in [0.717, 1.165) is 32.6 Å². The van der Waals surface area contributed by atoms with Crippen LogP contribution in [0.15, 0.2) is 12.4 Å². The van der Waals surface area contributed by atoms with Gasteiger partial charge in [-0.25, -0.2) is 0 Å². The summed E-state index contributed by atoms with van der Waals surface area (Å²) in [5, 5.41) is 10.6. The second-order valence-corrected chi connectivity index (χ2v) is 6.43. The minimum absolute atomic E-state index is 0.0549. The maximum Gasteiger partial charge on any atom is 0.0895 e. The van der Waals surface area contributed by atoms with E-state index in [-0.39, 0.29) is 11.7 Å². The molecule has 1 unspecified atom stereocenters. The molecule has 20 heavy (non-hydrogen) atoms. The predicted molar refractivity (Wildman–Crippen MR) is 76.4 cm³/mol. The first-order chi connectivity index (χ1) is 9.67. The molecular weight excluding hydrogens is 254 g/mol. The van der Waals surface area contributed by atoms with Crippen LogP contribution in [0.2, 0.25) is 0 Å². The van der Waals surface area contributed by atoms with Crippen LogP contribution >= 0.6 is 0 Å². The Labute approximate surface area is 120 Å². The van der Waals surface area contributed by atoms with Crippen molar-refractivity contribution in [1.29, 1.82) is 0 Å². The molecule has 0 aliphatic carbocycles. The molecule has 112 valence electrons. The van der Waals surface area contributed by atoms with Gasteiger partial charge in [0.15, 0.2) is 0 Å². The molecule has 0 aromatic carbocycles. The van der Waals surface area contributed by atoms with Crippen LogP contribution in [0.1, 0.15) is 44.8 Å². The van der Waals surface area contributed by atoms with Gasteiger partial charge in [0.25, 0.3) is 0 Å². The lowest BCUT2D eigenvalue weighted by molar-refractivity contribution is -0.0316. The third kappa shape index (κ3) is 2.90. The zero-order valence-electron chi connectivity index (χ0n) is 12.4. The van der Waals surface area contributed by atoms with Crippen molar-refractivity contribution in [3.8, 4) is 0 Å². The molecule has 5 heteroatoms. The second-order valence-electron chi connectivity index (χ2n) is 6.43. The van der Waals surface area contributed by atoms with E-state index in [2.05, 4.69) is 29.4 Å². The Morgan fingerprint density at radius 1 is 1.40 bits per heavy atom. The monoisotopic (exact) mass is 279 g/mol. The summed E-state index contributed by atoms with van der Waals surface area (Å²) in [6, 6.07) is 0.439. The Kier molecular flexibility index (Phi) is 4.10. The molecular formula is C15H25N3O2. The quantitative estimate of drug-likeness (QED) is 0.885. The van der Waals surface area contributed by atoms with Crippen LogP contribution in [0.3, 0.4) is 0 Å². The minimum Gasteiger partial charge on any atom is -0.374 e. The number of H-pyrrole nitrogens is 1. The van der Waals surface area contributed by atoms with Crippen LogP contribution in [0.25, 0.3) is 0 Å². The van der Waals surface area contributed by atoms with Gasteiger partial charge in [-0.2, -0.15) is 5.10 Å². The van der Waals surface area contributed by atoms with Crippen LogP contribution < -0.4 is 5.32 Å². The van der Waals surface area contributed by atoms with Crippen molar-refractivity contribution >= 4 is 0 Å². The first-order valence-electron chi connectivity index (χ1n) is 7.64. The molecule has 2 fully saturated rings. The maximum absolute atomic E-state index is 5.97. The van der Waals surface area contributed by atoms with E-state index < -0.39 is 0 Å². The minimum atomic E-state index is -0.0549. The largest absolute Gasteiger partial charge is 0.374 e. The lowest BCUT2D eigenvalue weighted by atomic mass is 9.89. The molecule has 0 bridgehead atoms. The van der Waals surface area contributed by atoms with Crippen LogP contribution in [0, 0.1) is 5.92 Å². The van der Waals surface area contributed by atoms with E-state index in [9.17, 15) is 0 Å². The first kappa shape index (κ1) is 14.0. The average molecular weight is 279 g/mol. The number of rotatable bonds is 4. The van der Waals surface area contributed by atoms with Gasteiger partial charge in [0.2, 0.25) is 0 Å². The molecule has 3 atom stereocenters. The van der Waals surface area contributed by atoms with Crippen molar-refractivity contribution < 1.29 is 9.47 Å². The fourth-order valence-corrected chi connectivity index (χ4v) is 3.37. The highest BCUT2D eigenvalue weighted by molar-refractivity contribution is 5.09. The Balaban J connectivity index is 1.60. The highest BCUT2D eigenvalue weighted by atomic mass is 16.5. The molecule has 0 saturated carbocycles. The number of hydrogen-bond acceptors (Lipinski definition) is 4. The molecule has 3 heterocycles. The third-order valence-electron chi connectivity index (χ3n) is 4.64. The van der Waals surface area contributed by atoms with Crippen molar-refractivity contribution in [1.82, 2.24) is 15.5 Å². The van der Waals surface area contributed by atoms with Crippen LogP contribution in [-0.4, -0.2) is 41.6 Å². The van der Waals surface area contributed by atoms with Crippen molar-refractivity contribution in [2.24, 2.45) is 5.92 Å².